The van der Waals surface area contributed by atoms with Crippen LogP contribution in [-0.2, 0) is 25.7 Å². The van der Waals surface area contributed by atoms with Gasteiger partial charge in [0.05, 0.1) is 5.52 Å². The molecule has 0 spiro atoms. The highest BCUT2D eigenvalue weighted by atomic mass is 15.2. The van der Waals surface area contributed by atoms with Gasteiger partial charge in [-0.1, -0.05) is 42.5 Å². The van der Waals surface area contributed by atoms with Crippen molar-refractivity contribution in [2.24, 2.45) is 0 Å². The first-order valence-corrected chi connectivity index (χ1v) is 10.7. The molecule has 0 N–H and O–H groups in total. The zero-order valence-electron chi connectivity index (χ0n) is 17.3. The average Bonchev–Trinajstić information content (AvgIpc) is 3.10. The molecule has 0 aliphatic heterocycles. The van der Waals surface area contributed by atoms with Crippen molar-refractivity contribution in [3.05, 3.63) is 88.4 Å². The van der Waals surface area contributed by atoms with Gasteiger partial charge in [-0.25, -0.2) is 9.97 Å². The maximum atomic E-state index is 5.14. The number of aromatic nitrogens is 3. The van der Waals surface area contributed by atoms with Crippen LogP contribution in [0.15, 0.2) is 54.6 Å². The van der Waals surface area contributed by atoms with Gasteiger partial charge in [-0.3, -0.25) is 4.57 Å². The third kappa shape index (κ3) is 3.35. The molecule has 1 aliphatic rings. The monoisotopic (exact) mass is 381 g/mol. The van der Waals surface area contributed by atoms with Gasteiger partial charge in [-0.15, -0.1) is 0 Å². The van der Waals surface area contributed by atoms with Gasteiger partial charge >= 0.3 is 0 Å². The molecule has 0 fully saturated rings. The van der Waals surface area contributed by atoms with E-state index in [0.29, 0.717) is 0 Å². The van der Waals surface area contributed by atoms with E-state index in [9.17, 15) is 0 Å². The van der Waals surface area contributed by atoms with E-state index in [0.717, 1.165) is 31.6 Å². The van der Waals surface area contributed by atoms with Crippen molar-refractivity contribution in [1.82, 2.24) is 14.5 Å². The molecule has 0 bridgehead atoms. The van der Waals surface area contributed by atoms with Gasteiger partial charge in [-0.2, -0.15) is 0 Å². The second-order valence-electron chi connectivity index (χ2n) is 8.22. The Morgan fingerprint density at radius 2 is 1.69 bits per heavy atom. The van der Waals surface area contributed by atoms with E-state index < -0.39 is 0 Å². The van der Waals surface area contributed by atoms with Crippen LogP contribution in [0.4, 0.5) is 0 Å². The molecule has 0 saturated carbocycles. The van der Waals surface area contributed by atoms with Crippen LogP contribution >= 0.6 is 0 Å². The molecule has 0 radical (unpaired) electrons. The van der Waals surface area contributed by atoms with Crippen molar-refractivity contribution < 1.29 is 0 Å². The predicted octanol–water partition coefficient (Wildman–Crippen LogP) is 5.70. The molecule has 2 heterocycles. The van der Waals surface area contributed by atoms with Crippen LogP contribution in [0.2, 0.25) is 0 Å². The van der Waals surface area contributed by atoms with E-state index in [1.807, 2.05) is 0 Å². The quantitative estimate of drug-likeness (QED) is 0.454. The van der Waals surface area contributed by atoms with Gasteiger partial charge < -0.3 is 0 Å². The predicted molar refractivity (Wildman–Crippen MR) is 119 cm³/mol. The van der Waals surface area contributed by atoms with Crippen LogP contribution in [0.5, 0.6) is 0 Å². The maximum absolute atomic E-state index is 5.14. The molecular weight excluding hydrogens is 354 g/mol. The van der Waals surface area contributed by atoms with Crippen LogP contribution < -0.4 is 0 Å². The molecule has 0 saturated heterocycles. The number of hydrogen-bond donors (Lipinski definition) is 0. The summed E-state index contributed by atoms with van der Waals surface area (Å²) >= 11 is 0. The third-order valence-electron chi connectivity index (χ3n) is 6.20. The summed E-state index contributed by atoms with van der Waals surface area (Å²) in [6.45, 7) is 4.33. The Bertz CT molecular complexity index is 1170. The Hall–Kier alpha value is -2.94. The number of rotatable bonds is 4. The summed E-state index contributed by atoms with van der Waals surface area (Å²) < 4.78 is 2.24. The average molecular weight is 382 g/mol. The highest BCUT2D eigenvalue weighted by Gasteiger charge is 2.20. The first-order chi connectivity index (χ1) is 14.2. The van der Waals surface area contributed by atoms with Crippen molar-refractivity contribution in [2.75, 3.05) is 0 Å². The van der Waals surface area contributed by atoms with E-state index in [1.165, 1.54) is 57.5 Å². The minimum absolute atomic E-state index is 0.840. The summed E-state index contributed by atoms with van der Waals surface area (Å²) in [6, 6.07) is 19.5. The minimum atomic E-state index is 0.840. The molecule has 29 heavy (non-hydrogen) atoms. The third-order valence-corrected chi connectivity index (χ3v) is 6.20. The van der Waals surface area contributed by atoms with E-state index in [1.54, 1.807) is 0 Å². The van der Waals surface area contributed by atoms with Gasteiger partial charge in [0, 0.05) is 22.5 Å². The zero-order valence-corrected chi connectivity index (χ0v) is 17.3. The topological polar surface area (TPSA) is 30.7 Å². The fraction of sp³-hybridized carbons (Fsp3) is 0.308. The molecule has 4 aromatic rings. The minimum Gasteiger partial charge on any atom is -0.283 e. The molecule has 2 aromatic heterocycles. The molecule has 146 valence electrons. The van der Waals surface area contributed by atoms with Crippen LogP contribution in [0.1, 0.15) is 46.6 Å². The molecule has 2 aromatic carbocycles. The lowest BCUT2D eigenvalue weighted by Gasteiger charge is -2.20. The molecular formula is C26H27N3. The lowest BCUT2D eigenvalue weighted by atomic mass is 9.92. The van der Waals surface area contributed by atoms with Gasteiger partial charge in [-0.05, 0) is 81.2 Å². The molecule has 0 unspecified atom stereocenters. The molecule has 0 atom stereocenters. The maximum Gasteiger partial charge on any atom is 0.234 e. The van der Waals surface area contributed by atoms with Crippen LogP contribution in [0.3, 0.4) is 0 Å². The summed E-state index contributed by atoms with van der Waals surface area (Å²) in [4.78, 5) is 10.2. The fourth-order valence-corrected chi connectivity index (χ4v) is 4.65. The fourth-order valence-electron chi connectivity index (χ4n) is 4.65. The van der Waals surface area contributed by atoms with Crippen molar-refractivity contribution >= 4 is 10.9 Å². The molecule has 3 heteroatoms. The van der Waals surface area contributed by atoms with Crippen molar-refractivity contribution in [2.45, 2.75) is 52.4 Å². The Morgan fingerprint density at radius 3 is 2.55 bits per heavy atom. The van der Waals surface area contributed by atoms with Crippen molar-refractivity contribution in [3.63, 3.8) is 0 Å². The summed E-state index contributed by atoms with van der Waals surface area (Å²) in [6.07, 6.45) is 6.66. The first-order valence-electron chi connectivity index (χ1n) is 10.7. The highest BCUT2D eigenvalue weighted by molar-refractivity contribution is 5.85. The number of benzene rings is 2. The Labute approximate surface area is 172 Å². The van der Waals surface area contributed by atoms with Gasteiger partial charge in [0.1, 0.15) is 0 Å². The van der Waals surface area contributed by atoms with Gasteiger partial charge in [0.25, 0.3) is 0 Å². The summed E-state index contributed by atoms with van der Waals surface area (Å²) in [5.74, 6) is 0.840. The number of hydrogen-bond acceptors (Lipinski definition) is 2. The normalized spacial score (nSPS) is 13.6. The van der Waals surface area contributed by atoms with E-state index in [-0.39, 0.29) is 0 Å². The number of nitrogens with zero attached hydrogens (tertiary/aromatic N) is 3. The van der Waals surface area contributed by atoms with E-state index in [4.69, 9.17) is 9.97 Å². The zero-order chi connectivity index (χ0) is 19.8. The largest absolute Gasteiger partial charge is 0.283 e. The van der Waals surface area contributed by atoms with Gasteiger partial charge in [0.2, 0.25) is 5.95 Å². The number of aryl methyl sites for hydroxylation is 5. The van der Waals surface area contributed by atoms with Crippen LogP contribution in [-0.4, -0.2) is 14.5 Å². The van der Waals surface area contributed by atoms with E-state index in [2.05, 4.69) is 73.0 Å². The summed E-state index contributed by atoms with van der Waals surface area (Å²) in [7, 11) is 0. The summed E-state index contributed by atoms with van der Waals surface area (Å²) in [5, 5.41) is 1.29. The molecule has 3 nitrogen and oxygen atoms in total. The lowest BCUT2D eigenvalue weighted by Crippen LogP contribution is -2.16. The standard InChI is InChI=1S/C26H27N3/c1-18-9-8-14-25-22(18)17-19(2)29(25)26-27-23-13-7-6-12-21(23)24(28-26)16-15-20-10-4-3-5-11-20/h3-5,8-11,14,17H,6-7,12-13,15-16H2,1-2H3. The second-order valence-corrected chi connectivity index (χ2v) is 8.22. The second kappa shape index (κ2) is 7.47. The molecule has 5 rings (SSSR count). The van der Waals surface area contributed by atoms with Crippen LogP contribution in [0, 0.1) is 13.8 Å². The molecule has 1 aliphatic carbocycles. The Balaban J connectivity index is 1.61. The van der Waals surface area contributed by atoms with Gasteiger partial charge in [0.15, 0.2) is 0 Å². The number of fused-ring (bicyclic) bond motifs is 2. The molecule has 0 amide bonds. The smallest absolute Gasteiger partial charge is 0.234 e. The Kier molecular flexibility index (Phi) is 4.67. The van der Waals surface area contributed by atoms with Crippen molar-refractivity contribution in [3.8, 4) is 5.95 Å². The summed E-state index contributed by atoms with van der Waals surface area (Å²) in [5.41, 5.74) is 8.97. The van der Waals surface area contributed by atoms with E-state index >= 15 is 0 Å². The van der Waals surface area contributed by atoms with Crippen LogP contribution in [0.25, 0.3) is 16.9 Å². The highest BCUT2D eigenvalue weighted by Crippen LogP contribution is 2.28. The SMILES string of the molecule is Cc1cccc2c1cc(C)n2-c1nc2c(c(CCc3ccccc3)n1)CCCC2. The Morgan fingerprint density at radius 1 is 0.862 bits per heavy atom. The first kappa shape index (κ1) is 18.1. The van der Waals surface area contributed by atoms with Crippen molar-refractivity contribution in [1.29, 1.82) is 0 Å². The lowest BCUT2D eigenvalue weighted by molar-refractivity contribution is 0.643.